The Morgan fingerprint density at radius 3 is 2.26 bits per heavy atom. The van der Waals surface area contributed by atoms with E-state index in [1.807, 2.05) is 42.5 Å². The highest BCUT2D eigenvalue weighted by Gasteiger charge is 2.19. The van der Waals surface area contributed by atoms with Gasteiger partial charge in [0.05, 0.1) is 11.1 Å². The third-order valence-corrected chi connectivity index (χ3v) is 5.37. The first-order chi connectivity index (χ1) is 16.6. The van der Waals surface area contributed by atoms with Gasteiger partial charge in [-0.2, -0.15) is 9.78 Å². The Labute approximate surface area is 194 Å². The van der Waals surface area contributed by atoms with E-state index in [0.29, 0.717) is 22.1 Å². The van der Waals surface area contributed by atoms with Gasteiger partial charge in [0, 0.05) is 11.1 Å². The molecular weight excluding hydrogens is 430 g/mol. The Kier molecular flexibility index (Phi) is 5.58. The molecule has 7 heteroatoms. The fourth-order valence-electron chi connectivity index (χ4n) is 3.75. The Morgan fingerprint density at radius 1 is 0.794 bits per heavy atom. The number of hydrogen-bond acceptors (Lipinski definition) is 5. The van der Waals surface area contributed by atoms with Gasteiger partial charge in [0.25, 0.3) is 11.5 Å². The van der Waals surface area contributed by atoms with Crippen LogP contribution in [-0.4, -0.2) is 28.3 Å². The zero-order chi connectivity index (χ0) is 23.5. The number of carbonyl (C=O) groups excluding carboxylic acids is 2. The van der Waals surface area contributed by atoms with E-state index in [-0.39, 0.29) is 11.3 Å². The number of benzene rings is 4. The summed E-state index contributed by atoms with van der Waals surface area (Å²) in [6.45, 7) is -0.494. The third-order valence-electron chi connectivity index (χ3n) is 5.37. The number of carbonyl (C=O) groups is 2. The van der Waals surface area contributed by atoms with Crippen molar-refractivity contribution in [2.24, 2.45) is 0 Å². The summed E-state index contributed by atoms with van der Waals surface area (Å²) in [6, 6.07) is 28.8. The summed E-state index contributed by atoms with van der Waals surface area (Å²) in [4.78, 5) is 38.3. The zero-order valence-electron chi connectivity index (χ0n) is 18.0. The molecule has 4 aromatic carbocycles. The minimum absolute atomic E-state index is 0.0439. The van der Waals surface area contributed by atoms with Crippen LogP contribution in [-0.2, 0) is 9.53 Å². The number of aromatic nitrogens is 2. The summed E-state index contributed by atoms with van der Waals surface area (Å²) in [6.07, 6.45) is 0. The van der Waals surface area contributed by atoms with E-state index in [1.165, 1.54) is 0 Å². The first-order valence-electron chi connectivity index (χ1n) is 10.6. The SMILES string of the molecule is O=C(COC(=O)c1nn(-c2ccccc2)c(=O)c2ccccc12)Nc1ccc2ccccc2c1. The minimum Gasteiger partial charge on any atom is -0.451 e. The van der Waals surface area contributed by atoms with Crippen LogP contribution in [0.4, 0.5) is 5.69 Å². The fraction of sp³-hybridized carbons (Fsp3) is 0.0370. The molecule has 1 aromatic heterocycles. The highest BCUT2D eigenvalue weighted by molar-refractivity contribution is 6.03. The Balaban J connectivity index is 1.38. The number of fused-ring (bicyclic) bond motifs is 2. The van der Waals surface area contributed by atoms with Crippen LogP contribution in [0.5, 0.6) is 0 Å². The van der Waals surface area contributed by atoms with Gasteiger partial charge >= 0.3 is 5.97 Å². The predicted molar refractivity (Wildman–Crippen MR) is 130 cm³/mol. The average Bonchev–Trinajstić information content (AvgIpc) is 2.88. The Morgan fingerprint density at radius 2 is 1.47 bits per heavy atom. The normalized spacial score (nSPS) is 10.8. The maximum atomic E-state index is 13.0. The standard InChI is InChI=1S/C27H19N3O4/c31-24(28-20-15-14-18-8-4-5-9-19(18)16-20)17-34-27(33)25-22-12-6-7-13-23(22)26(32)30(29-25)21-10-2-1-3-11-21/h1-16H,17H2,(H,28,31). The molecule has 0 aliphatic rings. The molecule has 0 unspecified atom stereocenters. The minimum atomic E-state index is -0.797. The van der Waals surface area contributed by atoms with Crippen molar-refractivity contribution >= 4 is 39.1 Å². The second-order valence-electron chi connectivity index (χ2n) is 7.63. The lowest BCUT2D eigenvalue weighted by molar-refractivity contribution is -0.119. The molecule has 0 saturated carbocycles. The molecule has 0 fully saturated rings. The molecule has 5 aromatic rings. The van der Waals surface area contributed by atoms with Crippen molar-refractivity contribution < 1.29 is 14.3 Å². The van der Waals surface area contributed by atoms with Crippen LogP contribution in [0.2, 0.25) is 0 Å². The molecule has 0 saturated heterocycles. The Hall–Kier alpha value is -4.78. The molecule has 0 atom stereocenters. The molecule has 0 spiro atoms. The smallest absolute Gasteiger partial charge is 0.359 e. The monoisotopic (exact) mass is 449 g/mol. The largest absolute Gasteiger partial charge is 0.451 e. The first-order valence-corrected chi connectivity index (χ1v) is 10.6. The highest BCUT2D eigenvalue weighted by Crippen LogP contribution is 2.19. The summed E-state index contributed by atoms with van der Waals surface area (Å²) in [5, 5.41) is 9.72. The van der Waals surface area contributed by atoms with Gasteiger partial charge in [-0.05, 0) is 41.1 Å². The van der Waals surface area contributed by atoms with E-state index in [4.69, 9.17) is 4.74 Å². The lowest BCUT2D eigenvalue weighted by atomic mass is 10.1. The number of anilines is 1. The molecule has 0 aliphatic heterocycles. The van der Waals surface area contributed by atoms with E-state index < -0.39 is 18.5 Å². The van der Waals surface area contributed by atoms with Crippen LogP contribution in [0.3, 0.4) is 0 Å². The van der Waals surface area contributed by atoms with Gasteiger partial charge in [0.2, 0.25) is 0 Å². The van der Waals surface area contributed by atoms with E-state index >= 15 is 0 Å². The number of rotatable bonds is 5. The topological polar surface area (TPSA) is 90.3 Å². The van der Waals surface area contributed by atoms with Crippen LogP contribution in [0.1, 0.15) is 10.5 Å². The number of amides is 1. The predicted octanol–water partition coefficient (Wildman–Crippen LogP) is 4.33. The lowest BCUT2D eigenvalue weighted by Gasteiger charge is -2.11. The number of nitrogens with one attached hydrogen (secondary N) is 1. The van der Waals surface area contributed by atoms with Crippen LogP contribution >= 0.6 is 0 Å². The highest BCUT2D eigenvalue weighted by atomic mass is 16.5. The van der Waals surface area contributed by atoms with Gasteiger partial charge in [-0.15, -0.1) is 0 Å². The molecule has 0 radical (unpaired) electrons. The van der Waals surface area contributed by atoms with E-state index in [2.05, 4.69) is 10.4 Å². The number of ether oxygens (including phenoxy) is 1. The van der Waals surface area contributed by atoms with E-state index in [0.717, 1.165) is 15.5 Å². The van der Waals surface area contributed by atoms with E-state index in [9.17, 15) is 14.4 Å². The van der Waals surface area contributed by atoms with Crippen LogP contribution < -0.4 is 10.9 Å². The number of esters is 1. The molecule has 1 heterocycles. The average molecular weight is 449 g/mol. The van der Waals surface area contributed by atoms with Gasteiger partial charge in [-0.25, -0.2) is 4.79 Å². The van der Waals surface area contributed by atoms with Crippen molar-refractivity contribution in [3.63, 3.8) is 0 Å². The molecule has 5 rings (SSSR count). The summed E-state index contributed by atoms with van der Waals surface area (Å²) in [5.41, 5.74) is 0.715. The second-order valence-corrected chi connectivity index (χ2v) is 7.63. The van der Waals surface area contributed by atoms with Crippen molar-refractivity contribution in [1.29, 1.82) is 0 Å². The van der Waals surface area contributed by atoms with E-state index in [1.54, 1.807) is 54.6 Å². The lowest BCUT2D eigenvalue weighted by Crippen LogP contribution is -2.26. The summed E-state index contributed by atoms with van der Waals surface area (Å²) in [5.74, 6) is -1.28. The fourth-order valence-corrected chi connectivity index (χ4v) is 3.75. The maximum Gasteiger partial charge on any atom is 0.359 e. The van der Waals surface area contributed by atoms with Gasteiger partial charge in [-0.3, -0.25) is 9.59 Å². The van der Waals surface area contributed by atoms with Crippen molar-refractivity contribution in [2.45, 2.75) is 0 Å². The number of hydrogen-bond donors (Lipinski definition) is 1. The van der Waals surface area contributed by atoms with Gasteiger partial charge in [-0.1, -0.05) is 66.7 Å². The molecule has 34 heavy (non-hydrogen) atoms. The van der Waals surface area contributed by atoms with Crippen LogP contribution in [0.25, 0.3) is 27.2 Å². The first kappa shape index (κ1) is 21.1. The van der Waals surface area contributed by atoms with Crippen LogP contribution in [0, 0.1) is 0 Å². The molecule has 166 valence electrons. The second kappa shape index (κ2) is 8.99. The summed E-state index contributed by atoms with van der Waals surface area (Å²) in [7, 11) is 0. The number of nitrogens with zero attached hydrogens (tertiary/aromatic N) is 2. The van der Waals surface area contributed by atoms with Crippen molar-refractivity contribution in [3.05, 3.63) is 113 Å². The third kappa shape index (κ3) is 4.14. The summed E-state index contributed by atoms with van der Waals surface area (Å²) >= 11 is 0. The van der Waals surface area contributed by atoms with Crippen molar-refractivity contribution in [1.82, 2.24) is 9.78 Å². The van der Waals surface area contributed by atoms with Gasteiger partial charge < -0.3 is 10.1 Å². The van der Waals surface area contributed by atoms with Gasteiger partial charge in [0.1, 0.15) is 0 Å². The van der Waals surface area contributed by atoms with Crippen molar-refractivity contribution in [2.75, 3.05) is 11.9 Å². The Bertz CT molecular complexity index is 1590. The molecule has 7 nitrogen and oxygen atoms in total. The molecule has 1 amide bonds. The quantitative estimate of drug-likeness (QED) is 0.403. The zero-order valence-corrected chi connectivity index (χ0v) is 18.0. The maximum absolute atomic E-state index is 13.0. The summed E-state index contributed by atoms with van der Waals surface area (Å²) < 4.78 is 6.42. The molecular formula is C27H19N3O4. The van der Waals surface area contributed by atoms with Crippen molar-refractivity contribution in [3.8, 4) is 5.69 Å². The molecule has 1 N–H and O–H groups in total. The molecule has 0 aliphatic carbocycles. The molecule has 0 bridgehead atoms. The van der Waals surface area contributed by atoms with Gasteiger partial charge in [0.15, 0.2) is 12.3 Å². The van der Waals surface area contributed by atoms with Crippen LogP contribution in [0.15, 0.2) is 102 Å². The number of para-hydroxylation sites is 1.